The Morgan fingerprint density at radius 1 is 1.33 bits per heavy atom. The summed E-state index contributed by atoms with van der Waals surface area (Å²) < 4.78 is 11.0. The fourth-order valence-electron chi connectivity index (χ4n) is 3.20. The smallest absolute Gasteiger partial charge is 0.318 e. The van der Waals surface area contributed by atoms with Crippen molar-refractivity contribution in [3.8, 4) is 0 Å². The number of benzene rings is 1. The Hall–Kier alpha value is -2.37. The number of hydrogen-bond acceptors (Lipinski definition) is 6. The minimum Gasteiger partial charge on any atom is -0.461 e. The molecule has 1 aliphatic heterocycles. The van der Waals surface area contributed by atoms with E-state index in [0.717, 1.165) is 5.56 Å². The van der Waals surface area contributed by atoms with E-state index in [-0.39, 0.29) is 17.3 Å². The largest absolute Gasteiger partial charge is 0.461 e. The number of carbonyl (C=O) groups excluding carboxylic acids is 1. The highest BCUT2D eigenvalue weighted by Gasteiger charge is 2.42. The van der Waals surface area contributed by atoms with Crippen molar-refractivity contribution in [2.75, 3.05) is 18.0 Å². The highest BCUT2D eigenvalue weighted by Crippen LogP contribution is 2.37. The van der Waals surface area contributed by atoms with Crippen LogP contribution in [0.5, 0.6) is 0 Å². The van der Waals surface area contributed by atoms with Crippen LogP contribution >= 0.6 is 0 Å². The van der Waals surface area contributed by atoms with Crippen molar-refractivity contribution >= 4 is 12.0 Å². The van der Waals surface area contributed by atoms with Gasteiger partial charge >= 0.3 is 12.0 Å². The van der Waals surface area contributed by atoms with E-state index in [4.69, 9.17) is 9.15 Å². The molecule has 1 aromatic heterocycles. The van der Waals surface area contributed by atoms with Crippen molar-refractivity contribution in [3.05, 3.63) is 41.8 Å². The second-order valence-electron chi connectivity index (χ2n) is 6.95. The minimum absolute atomic E-state index is 0.134. The second-order valence-corrected chi connectivity index (χ2v) is 6.95. The number of rotatable bonds is 4. The molecule has 2 heterocycles. The lowest BCUT2D eigenvalue weighted by Crippen LogP contribution is -2.49. The van der Waals surface area contributed by atoms with Crippen LogP contribution in [0.15, 0.2) is 34.7 Å². The number of carbonyl (C=O) groups is 1. The Kier molecular flexibility index (Phi) is 4.55. The number of anilines is 1. The molecule has 1 atom stereocenters. The fraction of sp³-hybridized carbons (Fsp3) is 0.500. The topological polar surface area (TPSA) is 68.5 Å². The van der Waals surface area contributed by atoms with Crippen LogP contribution in [0.25, 0.3) is 0 Å². The molecular formula is C18H23N3O3. The zero-order valence-corrected chi connectivity index (χ0v) is 14.4. The van der Waals surface area contributed by atoms with Crippen LogP contribution in [-0.2, 0) is 16.1 Å². The fourth-order valence-corrected chi connectivity index (χ4v) is 3.20. The summed E-state index contributed by atoms with van der Waals surface area (Å²) in [6, 6.07) is 10.3. The average Bonchev–Trinajstić information content (AvgIpc) is 2.99. The van der Waals surface area contributed by atoms with E-state index in [0.29, 0.717) is 38.0 Å². The van der Waals surface area contributed by atoms with Gasteiger partial charge in [-0.1, -0.05) is 49.3 Å². The van der Waals surface area contributed by atoms with Crippen molar-refractivity contribution in [1.29, 1.82) is 0 Å². The SMILES string of the molecule is Cc1nnc(N2CCC(C(=O)OCc3ccccc3)C(C)(C)C2)o1. The highest BCUT2D eigenvalue weighted by molar-refractivity contribution is 5.74. The molecular weight excluding hydrogens is 306 g/mol. The van der Waals surface area contributed by atoms with Gasteiger partial charge in [0.1, 0.15) is 6.61 Å². The minimum atomic E-state index is -0.228. The summed E-state index contributed by atoms with van der Waals surface area (Å²) in [6.07, 6.45) is 0.710. The average molecular weight is 329 g/mol. The number of hydrogen-bond donors (Lipinski definition) is 0. The molecule has 1 saturated heterocycles. The van der Waals surface area contributed by atoms with Crippen LogP contribution < -0.4 is 4.90 Å². The molecule has 6 nitrogen and oxygen atoms in total. The third-order valence-electron chi connectivity index (χ3n) is 4.52. The van der Waals surface area contributed by atoms with Gasteiger partial charge in [-0.2, -0.15) is 0 Å². The van der Waals surface area contributed by atoms with Crippen LogP contribution in [0.2, 0.25) is 0 Å². The Balaban J connectivity index is 1.61. The van der Waals surface area contributed by atoms with Gasteiger partial charge in [-0.3, -0.25) is 4.79 Å². The summed E-state index contributed by atoms with van der Waals surface area (Å²) >= 11 is 0. The third kappa shape index (κ3) is 3.58. The van der Waals surface area contributed by atoms with Gasteiger partial charge in [-0.25, -0.2) is 0 Å². The molecule has 24 heavy (non-hydrogen) atoms. The van der Waals surface area contributed by atoms with Crippen molar-refractivity contribution in [1.82, 2.24) is 10.2 Å². The molecule has 128 valence electrons. The standard InChI is InChI=1S/C18H23N3O3/c1-13-19-20-17(24-13)21-10-9-15(18(2,3)12-21)16(22)23-11-14-7-5-4-6-8-14/h4-8,15H,9-12H2,1-3H3. The first kappa shape index (κ1) is 16.5. The summed E-state index contributed by atoms with van der Waals surface area (Å²) in [5.74, 6) is 0.277. The lowest BCUT2D eigenvalue weighted by atomic mass is 9.74. The Morgan fingerprint density at radius 2 is 2.08 bits per heavy atom. The molecule has 0 bridgehead atoms. The zero-order chi connectivity index (χ0) is 17.2. The van der Waals surface area contributed by atoms with Crippen molar-refractivity contribution in [2.24, 2.45) is 11.3 Å². The Bertz CT molecular complexity index is 697. The molecule has 0 amide bonds. The second kappa shape index (κ2) is 6.63. The predicted octanol–water partition coefficient (Wildman–Crippen LogP) is 2.97. The van der Waals surface area contributed by atoms with Gasteiger partial charge in [-0.15, -0.1) is 5.10 Å². The van der Waals surface area contributed by atoms with E-state index in [1.165, 1.54) is 0 Å². The number of ether oxygens (including phenoxy) is 1. The van der Waals surface area contributed by atoms with E-state index in [9.17, 15) is 4.79 Å². The van der Waals surface area contributed by atoms with Crippen molar-refractivity contribution in [3.63, 3.8) is 0 Å². The van der Waals surface area contributed by atoms with Gasteiger partial charge in [0.15, 0.2) is 0 Å². The molecule has 0 saturated carbocycles. The summed E-state index contributed by atoms with van der Waals surface area (Å²) in [7, 11) is 0. The van der Waals surface area contributed by atoms with Gasteiger partial charge < -0.3 is 14.1 Å². The van der Waals surface area contributed by atoms with Gasteiger partial charge in [-0.05, 0) is 17.4 Å². The quantitative estimate of drug-likeness (QED) is 0.803. The number of aromatic nitrogens is 2. The van der Waals surface area contributed by atoms with Crippen molar-refractivity contribution in [2.45, 2.75) is 33.8 Å². The molecule has 6 heteroatoms. The maximum absolute atomic E-state index is 12.5. The maximum atomic E-state index is 12.5. The van der Waals surface area contributed by atoms with E-state index in [1.807, 2.05) is 35.2 Å². The van der Waals surface area contributed by atoms with Crippen LogP contribution in [0, 0.1) is 18.3 Å². The molecule has 0 N–H and O–H groups in total. The first-order chi connectivity index (χ1) is 11.5. The lowest BCUT2D eigenvalue weighted by molar-refractivity contribution is -0.155. The summed E-state index contributed by atoms with van der Waals surface area (Å²) in [6.45, 7) is 7.64. The van der Waals surface area contributed by atoms with Gasteiger partial charge in [0, 0.05) is 20.0 Å². The monoisotopic (exact) mass is 329 g/mol. The number of esters is 1. The van der Waals surface area contributed by atoms with Gasteiger partial charge in [0.25, 0.3) is 0 Å². The molecule has 3 rings (SSSR count). The third-order valence-corrected chi connectivity index (χ3v) is 4.52. The molecule has 2 aromatic rings. The molecule has 0 aliphatic carbocycles. The maximum Gasteiger partial charge on any atom is 0.318 e. The van der Waals surface area contributed by atoms with Crippen LogP contribution in [-0.4, -0.2) is 29.3 Å². The molecule has 0 spiro atoms. The molecule has 0 radical (unpaired) electrons. The van der Waals surface area contributed by atoms with Crippen molar-refractivity contribution < 1.29 is 13.9 Å². The first-order valence-electron chi connectivity index (χ1n) is 8.21. The first-order valence-corrected chi connectivity index (χ1v) is 8.21. The van der Waals surface area contributed by atoms with Crippen LogP contribution in [0.4, 0.5) is 6.01 Å². The summed E-state index contributed by atoms with van der Waals surface area (Å²) in [5.41, 5.74) is 0.774. The zero-order valence-electron chi connectivity index (χ0n) is 14.4. The molecule has 1 aliphatic rings. The summed E-state index contributed by atoms with van der Waals surface area (Å²) in [4.78, 5) is 14.6. The molecule has 1 aromatic carbocycles. The summed E-state index contributed by atoms with van der Waals surface area (Å²) in [5, 5.41) is 7.95. The molecule has 1 fully saturated rings. The lowest BCUT2D eigenvalue weighted by Gasteiger charge is -2.42. The number of aryl methyl sites for hydroxylation is 1. The molecule has 1 unspecified atom stereocenters. The number of piperidine rings is 1. The Labute approximate surface area is 141 Å². The van der Waals surface area contributed by atoms with E-state index < -0.39 is 0 Å². The normalized spacial score (nSPS) is 20.0. The van der Waals surface area contributed by atoms with Gasteiger partial charge in [0.05, 0.1) is 5.92 Å². The van der Waals surface area contributed by atoms with E-state index in [2.05, 4.69) is 24.0 Å². The Morgan fingerprint density at radius 3 is 2.71 bits per heavy atom. The van der Waals surface area contributed by atoms with E-state index >= 15 is 0 Å². The predicted molar refractivity (Wildman–Crippen MR) is 89.4 cm³/mol. The highest BCUT2D eigenvalue weighted by atomic mass is 16.5. The number of nitrogens with zero attached hydrogens (tertiary/aromatic N) is 3. The van der Waals surface area contributed by atoms with E-state index in [1.54, 1.807) is 6.92 Å². The van der Waals surface area contributed by atoms with Crippen LogP contribution in [0.3, 0.4) is 0 Å². The van der Waals surface area contributed by atoms with Crippen LogP contribution in [0.1, 0.15) is 31.7 Å². The van der Waals surface area contributed by atoms with Gasteiger partial charge in [0.2, 0.25) is 5.89 Å².